The van der Waals surface area contributed by atoms with E-state index in [1.807, 2.05) is 19.1 Å². The second kappa shape index (κ2) is 9.70. The van der Waals surface area contributed by atoms with Crippen molar-refractivity contribution in [2.45, 2.75) is 69.7 Å². The van der Waals surface area contributed by atoms with Gasteiger partial charge in [0.25, 0.3) is 0 Å². The van der Waals surface area contributed by atoms with E-state index in [0.717, 1.165) is 31.5 Å². The molecule has 1 unspecified atom stereocenters. The molecule has 1 aliphatic rings. The van der Waals surface area contributed by atoms with E-state index in [1.54, 1.807) is 16.4 Å². The first-order valence-electron chi connectivity index (χ1n) is 9.72. The van der Waals surface area contributed by atoms with Crippen LogP contribution < -0.4 is 0 Å². The Kier molecular flexibility index (Phi) is 7.91. The summed E-state index contributed by atoms with van der Waals surface area (Å²) in [6.07, 6.45) is 8.41. The number of benzene rings is 1. The predicted molar refractivity (Wildman–Crippen MR) is 104 cm³/mol. The van der Waals surface area contributed by atoms with Crippen molar-refractivity contribution in [1.82, 2.24) is 9.21 Å². The first-order valence-corrected chi connectivity index (χ1v) is 11.2. The Bertz CT molecular complexity index is 613. The van der Waals surface area contributed by atoms with Gasteiger partial charge in [0.15, 0.2) is 0 Å². The Balaban J connectivity index is 2.01. The van der Waals surface area contributed by atoms with Crippen LogP contribution >= 0.6 is 0 Å². The molecule has 1 saturated heterocycles. The minimum absolute atomic E-state index is 0.0937. The van der Waals surface area contributed by atoms with Gasteiger partial charge in [-0.1, -0.05) is 63.1 Å². The molecule has 1 fully saturated rings. The Labute approximate surface area is 154 Å². The summed E-state index contributed by atoms with van der Waals surface area (Å²) < 4.78 is 27.9. The van der Waals surface area contributed by atoms with Crippen molar-refractivity contribution in [3.05, 3.63) is 29.8 Å². The molecular formula is C20H34N2O2S. The van der Waals surface area contributed by atoms with Gasteiger partial charge in [-0.2, -0.15) is 4.31 Å². The molecule has 1 aromatic rings. The molecule has 25 heavy (non-hydrogen) atoms. The Hall–Kier alpha value is -0.910. The van der Waals surface area contributed by atoms with Crippen molar-refractivity contribution in [2.24, 2.45) is 0 Å². The number of likely N-dealkylation sites (N-methyl/N-ethyl adjacent to an activating group) is 1. The summed E-state index contributed by atoms with van der Waals surface area (Å²) in [5.74, 6) is 0. The van der Waals surface area contributed by atoms with Crippen LogP contribution in [0.3, 0.4) is 0 Å². The number of piperazine rings is 1. The van der Waals surface area contributed by atoms with Crippen molar-refractivity contribution in [3.8, 4) is 0 Å². The summed E-state index contributed by atoms with van der Waals surface area (Å²) in [4.78, 5) is 2.68. The first kappa shape index (κ1) is 20.4. The van der Waals surface area contributed by atoms with Gasteiger partial charge >= 0.3 is 0 Å². The standard InChI is InChI=1S/C20H34N2O2S/c1-4-5-6-7-8-9-10-19-17-21(3)15-16-22(19)25(23,24)20-13-11-18(2)12-14-20/h11-14,19H,4-10,15-17H2,1-3H3. The van der Waals surface area contributed by atoms with Crippen molar-refractivity contribution in [3.63, 3.8) is 0 Å². The molecule has 0 N–H and O–H groups in total. The summed E-state index contributed by atoms with van der Waals surface area (Å²) in [6.45, 7) is 6.44. The van der Waals surface area contributed by atoms with E-state index >= 15 is 0 Å². The Morgan fingerprint density at radius 1 is 1.00 bits per heavy atom. The van der Waals surface area contributed by atoms with Crippen LogP contribution in [0.15, 0.2) is 29.2 Å². The minimum Gasteiger partial charge on any atom is -0.303 e. The van der Waals surface area contributed by atoms with Crippen LogP contribution in [0, 0.1) is 6.92 Å². The molecule has 1 aliphatic heterocycles. The van der Waals surface area contributed by atoms with Gasteiger partial charge in [0.05, 0.1) is 4.90 Å². The van der Waals surface area contributed by atoms with E-state index in [1.165, 1.54) is 32.1 Å². The number of unbranched alkanes of at least 4 members (excludes halogenated alkanes) is 5. The smallest absolute Gasteiger partial charge is 0.243 e. The highest BCUT2D eigenvalue weighted by atomic mass is 32.2. The summed E-state index contributed by atoms with van der Waals surface area (Å²) >= 11 is 0. The lowest BCUT2D eigenvalue weighted by Crippen LogP contribution is -2.53. The van der Waals surface area contributed by atoms with Crippen molar-refractivity contribution >= 4 is 10.0 Å². The van der Waals surface area contributed by atoms with Crippen molar-refractivity contribution in [2.75, 3.05) is 26.7 Å². The van der Waals surface area contributed by atoms with Crippen LogP contribution in [0.4, 0.5) is 0 Å². The number of sulfonamides is 1. The summed E-state index contributed by atoms with van der Waals surface area (Å²) in [6, 6.07) is 7.34. The maximum atomic E-state index is 13.1. The molecule has 0 amide bonds. The topological polar surface area (TPSA) is 40.6 Å². The second-order valence-electron chi connectivity index (χ2n) is 7.40. The highest BCUT2D eigenvalue weighted by Crippen LogP contribution is 2.24. The van der Waals surface area contributed by atoms with E-state index in [2.05, 4.69) is 18.9 Å². The average molecular weight is 367 g/mol. The summed E-state index contributed by atoms with van der Waals surface area (Å²) in [7, 11) is -1.31. The van der Waals surface area contributed by atoms with E-state index in [-0.39, 0.29) is 6.04 Å². The van der Waals surface area contributed by atoms with Crippen LogP contribution in [0.1, 0.15) is 57.4 Å². The number of nitrogens with zero attached hydrogens (tertiary/aromatic N) is 2. The highest BCUT2D eigenvalue weighted by Gasteiger charge is 2.34. The fraction of sp³-hybridized carbons (Fsp3) is 0.700. The number of aryl methyl sites for hydroxylation is 1. The second-order valence-corrected chi connectivity index (χ2v) is 9.29. The summed E-state index contributed by atoms with van der Waals surface area (Å²) in [5, 5.41) is 0. The van der Waals surface area contributed by atoms with Gasteiger partial charge < -0.3 is 4.90 Å². The van der Waals surface area contributed by atoms with Gasteiger partial charge in [-0.3, -0.25) is 0 Å². The predicted octanol–water partition coefficient (Wildman–Crippen LogP) is 4.05. The Morgan fingerprint density at radius 3 is 2.32 bits per heavy atom. The first-order chi connectivity index (χ1) is 11.9. The SMILES string of the molecule is CCCCCCCCC1CN(C)CCN1S(=O)(=O)c1ccc(C)cc1. The molecule has 0 radical (unpaired) electrons. The molecule has 1 heterocycles. The molecule has 5 heteroatoms. The van der Waals surface area contributed by atoms with Crippen LogP contribution in [0.25, 0.3) is 0 Å². The van der Waals surface area contributed by atoms with E-state index < -0.39 is 10.0 Å². The third-order valence-corrected chi connectivity index (χ3v) is 7.12. The molecular weight excluding hydrogens is 332 g/mol. The lowest BCUT2D eigenvalue weighted by Gasteiger charge is -2.39. The molecule has 0 spiro atoms. The zero-order chi connectivity index (χ0) is 18.3. The fourth-order valence-electron chi connectivity index (χ4n) is 3.55. The fourth-order valence-corrected chi connectivity index (χ4v) is 5.19. The molecule has 0 saturated carbocycles. The molecule has 4 nitrogen and oxygen atoms in total. The Morgan fingerprint density at radius 2 is 1.64 bits per heavy atom. The normalized spacial score (nSPS) is 20.0. The maximum absolute atomic E-state index is 13.1. The third-order valence-electron chi connectivity index (χ3n) is 5.15. The quantitative estimate of drug-likeness (QED) is 0.619. The van der Waals surface area contributed by atoms with Gasteiger partial charge in [0, 0.05) is 25.7 Å². The zero-order valence-corrected chi connectivity index (χ0v) is 16.9. The number of rotatable bonds is 9. The van der Waals surface area contributed by atoms with Gasteiger partial charge in [0.2, 0.25) is 10.0 Å². The monoisotopic (exact) mass is 366 g/mol. The van der Waals surface area contributed by atoms with E-state index in [4.69, 9.17) is 0 Å². The molecule has 1 atom stereocenters. The van der Waals surface area contributed by atoms with E-state index in [0.29, 0.717) is 11.4 Å². The van der Waals surface area contributed by atoms with Crippen molar-refractivity contribution in [1.29, 1.82) is 0 Å². The van der Waals surface area contributed by atoms with Gasteiger partial charge in [-0.25, -0.2) is 8.42 Å². The van der Waals surface area contributed by atoms with E-state index in [9.17, 15) is 8.42 Å². The largest absolute Gasteiger partial charge is 0.303 e. The molecule has 142 valence electrons. The molecule has 1 aromatic carbocycles. The van der Waals surface area contributed by atoms with Crippen LogP contribution in [-0.4, -0.2) is 50.3 Å². The van der Waals surface area contributed by atoms with Gasteiger partial charge in [-0.05, 0) is 32.5 Å². The number of hydrogen-bond acceptors (Lipinski definition) is 3. The maximum Gasteiger partial charge on any atom is 0.243 e. The van der Waals surface area contributed by atoms with Gasteiger partial charge in [0.1, 0.15) is 0 Å². The molecule has 0 aromatic heterocycles. The van der Waals surface area contributed by atoms with Gasteiger partial charge in [-0.15, -0.1) is 0 Å². The lowest BCUT2D eigenvalue weighted by molar-refractivity contribution is 0.151. The third kappa shape index (κ3) is 5.80. The van der Waals surface area contributed by atoms with Crippen LogP contribution in [0.5, 0.6) is 0 Å². The lowest BCUT2D eigenvalue weighted by atomic mass is 10.0. The van der Waals surface area contributed by atoms with Crippen molar-refractivity contribution < 1.29 is 8.42 Å². The average Bonchev–Trinajstić information content (AvgIpc) is 2.58. The molecule has 2 rings (SSSR count). The van der Waals surface area contributed by atoms with Crippen LogP contribution in [0.2, 0.25) is 0 Å². The highest BCUT2D eigenvalue weighted by molar-refractivity contribution is 7.89. The molecule has 0 aliphatic carbocycles. The number of hydrogen-bond donors (Lipinski definition) is 0. The van der Waals surface area contributed by atoms with Crippen LogP contribution in [-0.2, 0) is 10.0 Å². The zero-order valence-electron chi connectivity index (χ0n) is 16.1. The summed E-state index contributed by atoms with van der Waals surface area (Å²) in [5.41, 5.74) is 1.08. The minimum atomic E-state index is -3.40. The molecule has 0 bridgehead atoms.